The predicted molar refractivity (Wildman–Crippen MR) is 90.4 cm³/mol. The van der Waals surface area contributed by atoms with E-state index in [1.807, 2.05) is 29.6 Å². The third-order valence-electron chi connectivity index (χ3n) is 4.24. The van der Waals surface area contributed by atoms with Gasteiger partial charge in [-0.2, -0.15) is 0 Å². The SMILES string of the molecule is Cc1cccc2nc(CN3CCNC(=O)[C@@H]3c3cccs3)cn12. The smallest absolute Gasteiger partial charge is 0.242 e. The first kappa shape index (κ1) is 14.4. The Morgan fingerprint density at radius 2 is 2.26 bits per heavy atom. The van der Waals surface area contributed by atoms with E-state index in [1.54, 1.807) is 11.3 Å². The molecule has 5 nitrogen and oxygen atoms in total. The highest BCUT2D eigenvalue weighted by Crippen LogP contribution is 2.28. The standard InChI is InChI=1S/C17H18N4OS/c1-12-4-2-6-15-19-13(11-21(12)15)10-20-8-7-18-17(22)16(20)14-5-3-9-23-14/h2-6,9,11,16H,7-8,10H2,1H3,(H,18,22)/t16-/m0/s1. The van der Waals surface area contributed by atoms with Gasteiger partial charge in [0.1, 0.15) is 11.7 Å². The number of rotatable bonds is 3. The van der Waals surface area contributed by atoms with Crippen LogP contribution in [0.5, 0.6) is 0 Å². The molecule has 0 saturated carbocycles. The molecule has 1 aliphatic rings. The molecule has 3 aromatic rings. The van der Waals surface area contributed by atoms with E-state index in [0.29, 0.717) is 13.1 Å². The van der Waals surface area contributed by atoms with Crippen molar-refractivity contribution >= 4 is 22.9 Å². The second-order valence-corrected chi connectivity index (χ2v) is 6.79. The summed E-state index contributed by atoms with van der Waals surface area (Å²) in [6.45, 7) is 4.27. The second-order valence-electron chi connectivity index (χ2n) is 5.81. The molecule has 0 aromatic carbocycles. The summed E-state index contributed by atoms with van der Waals surface area (Å²) in [5.41, 5.74) is 3.11. The van der Waals surface area contributed by atoms with Gasteiger partial charge in [0.25, 0.3) is 0 Å². The monoisotopic (exact) mass is 326 g/mol. The van der Waals surface area contributed by atoms with E-state index in [9.17, 15) is 4.79 Å². The van der Waals surface area contributed by atoms with Gasteiger partial charge in [0.05, 0.1) is 5.69 Å². The number of pyridine rings is 1. The Morgan fingerprint density at radius 1 is 1.35 bits per heavy atom. The summed E-state index contributed by atoms with van der Waals surface area (Å²) in [5, 5.41) is 4.99. The zero-order valence-corrected chi connectivity index (χ0v) is 13.7. The maximum Gasteiger partial charge on any atom is 0.242 e. The molecule has 6 heteroatoms. The highest BCUT2D eigenvalue weighted by Gasteiger charge is 2.32. The molecule has 3 aromatic heterocycles. The van der Waals surface area contributed by atoms with Crippen molar-refractivity contribution in [3.63, 3.8) is 0 Å². The van der Waals surface area contributed by atoms with Crippen LogP contribution in [0.4, 0.5) is 0 Å². The van der Waals surface area contributed by atoms with Crippen molar-refractivity contribution in [2.45, 2.75) is 19.5 Å². The molecule has 1 amide bonds. The van der Waals surface area contributed by atoms with Gasteiger partial charge in [0, 0.05) is 36.4 Å². The highest BCUT2D eigenvalue weighted by atomic mass is 32.1. The van der Waals surface area contributed by atoms with Crippen LogP contribution in [-0.2, 0) is 11.3 Å². The minimum absolute atomic E-state index is 0.0821. The minimum Gasteiger partial charge on any atom is -0.353 e. The van der Waals surface area contributed by atoms with Gasteiger partial charge in [-0.1, -0.05) is 12.1 Å². The molecule has 1 atom stereocenters. The first-order valence-corrected chi connectivity index (χ1v) is 8.59. The summed E-state index contributed by atoms with van der Waals surface area (Å²) in [7, 11) is 0. The van der Waals surface area contributed by atoms with Crippen LogP contribution in [0.1, 0.15) is 22.3 Å². The quantitative estimate of drug-likeness (QED) is 0.804. The van der Waals surface area contributed by atoms with Gasteiger partial charge in [0.2, 0.25) is 5.91 Å². The molecule has 23 heavy (non-hydrogen) atoms. The molecule has 0 radical (unpaired) electrons. The topological polar surface area (TPSA) is 49.6 Å². The molecule has 0 aliphatic carbocycles. The number of nitrogens with one attached hydrogen (secondary N) is 1. The molecule has 0 spiro atoms. The van der Waals surface area contributed by atoms with Gasteiger partial charge in [0.15, 0.2) is 0 Å². The Morgan fingerprint density at radius 3 is 3.04 bits per heavy atom. The van der Waals surface area contributed by atoms with Crippen molar-refractivity contribution in [3.05, 3.63) is 58.2 Å². The Kier molecular flexibility index (Phi) is 3.63. The molecule has 1 N–H and O–H groups in total. The molecule has 4 rings (SSSR count). The van der Waals surface area contributed by atoms with Gasteiger partial charge in [-0.25, -0.2) is 4.98 Å². The van der Waals surface area contributed by atoms with E-state index < -0.39 is 0 Å². The minimum atomic E-state index is -0.213. The number of fused-ring (bicyclic) bond motifs is 1. The van der Waals surface area contributed by atoms with Crippen molar-refractivity contribution in [1.82, 2.24) is 19.6 Å². The van der Waals surface area contributed by atoms with Gasteiger partial charge < -0.3 is 9.72 Å². The molecule has 1 aliphatic heterocycles. The third-order valence-corrected chi connectivity index (χ3v) is 5.16. The van der Waals surface area contributed by atoms with Gasteiger partial charge in [-0.05, 0) is 30.5 Å². The lowest BCUT2D eigenvalue weighted by Crippen LogP contribution is -2.49. The zero-order chi connectivity index (χ0) is 15.8. The summed E-state index contributed by atoms with van der Waals surface area (Å²) in [6.07, 6.45) is 2.07. The van der Waals surface area contributed by atoms with Crippen LogP contribution in [0.3, 0.4) is 0 Å². The van der Waals surface area contributed by atoms with Crippen LogP contribution in [0.15, 0.2) is 41.9 Å². The maximum absolute atomic E-state index is 12.3. The molecule has 0 bridgehead atoms. The fourth-order valence-corrected chi connectivity index (χ4v) is 3.98. The highest BCUT2D eigenvalue weighted by molar-refractivity contribution is 7.10. The van der Waals surface area contributed by atoms with Crippen LogP contribution in [0.25, 0.3) is 5.65 Å². The van der Waals surface area contributed by atoms with Crippen molar-refractivity contribution < 1.29 is 4.79 Å². The first-order valence-electron chi connectivity index (χ1n) is 7.71. The number of thiophene rings is 1. The Hall–Kier alpha value is -2.18. The summed E-state index contributed by atoms with van der Waals surface area (Å²) < 4.78 is 2.10. The van der Waals surface area contributed by atoms with Crippen LogP contribution < -0.4 is 5.32 Å². The van der Waals surface area contributed by atoms with E-state index >= 15 is 0 Å². The number of nitrogens with zero attached hydrogens (tertiary/aromatic N) is 3. The lowest BCUT2D eigenvalue weighted by atomic mass is 10.1. The molecule has 0 unspecified atom stereocenters. The van der Waals surface area contributed by atoms with E-state index in [1.165, 1.54) is 0 Å². The maximum atomic E-state index is 12.3. The van der Waals surface area contributed by atoms with Gasteiger partial charge in [-0.3, -0.25) is 9.69 Å². The Balaban J connectivity index is 1.65. The number of carbonyl (C=O) groups excluding carboxylic acids is 1. The van der Waals surface area contributed by atoms with E-state index in [0.717, 1.165) is 28.5 Å². The third kappa shape index (κ3) is 2.64. The Bertz CT molecular complexity index is 840. The summed E-state index contributed by atoms with van der Waals surface area (Å²) >= 11 is 1.63. The number of piperazine rings is 1. The second kappa shape index (κ2) is 5.79. The lowest BCUT2D eigenvalue weighted by molar-refractivity contribution is -0.129. The fraction of sp³-hybridized carbons (Fsp3) is 0.294. The molecular formula is C17H18N4OS. The Labute approximate surface area is 138 Å². The summed E-state index contributed by atoms with van der Waals surface area (Å²) in [6, 6.07) is 9.91. The van der Waals surface area contributed by atoms with Crippen molar-refractivity contribution in [1.29, 1.82) is 0 Å². The number of hydrogen-bond acceptors (Lipinski definition) is 4. The van der Waals surface area contributed by atoms with E-state index in [4.69, 9.17) is 4.98 Å². The predicted octanol–water partition coefficient (Wildman–Crippen LogP) is 2.38. The fourth-order valence-electron chi connectivity index (χ4n) is 3.12. The van der Waals surface area contributed by atoms with Crippen molar-refractivity contribution in [3.8, 4) is 0 Å². The molecular weight excluding hydrogens is 308 g/mol. The summed E-state index contributed by atoms with van der Waals surface area (Å²) in [5.74, 6) is 0.0821. The molecule has 4 heterocycles. The van der Waals surface area contributed by atoms with E-state index in [2.05, 4.69) is 33.8 Å². The zero-order valence-electron chi connectivity index (χ0n) is 12.9. The van der Waals surface area contributed by atoms with Gasteiger partial charge in [-0.15, -0.1) is 11.3 Å². The average Bonchev–Trinajstić information content (AvgIpc) is 3.17. The normalized spacial score (nSPS) is 19.2. The number of hydrogen-bond donors (Lipinski definition) is 1. The number of carbonyl (C=O) groups is 1. The van der Waals surface area contributed by atoms with E-state index in [-0.39, 0.29) is 11.9 Å². The number of aromatic nitrogens is 2. The first-order chi connectivity index (χ1) is 11.2. The number of amides is 1. The van der Waals surface area contributed by atoms with Crippen molar-refractivity contribution in [2.75, 3.05) is 13.1 Å². The van der Waals surface area contributed by atoms with Crippen LogP contribution in [0.2, 0.25) is 0 Å². The lowest BCUT2D eigenvalue weighted by Gasteiger charge is -2.33. The van der Waals surface area contributed by atoms with Crippen molar-refractivity contribution in [2.24, 2.45) is 0 Å². The number of aryl methyl sites for hydroxylation is 1. The number of imidazole rings is 1. The molecule has 1 fully saturated rings. The van der Waals surface area contributed by atoms with Crippen LogP contribution in [-0.4, -0.2) is 33.3 Å². The molecule has 1 saturated heterocycles. The average molecular weight is 326 g/mol. The van der Waals surface area contributed by atoms with Gasteiger partial charge >= 0.3 is 0 Å². The largest absolute Gasteiger partial charge is 0.353 e. The van der Waals surface area contributed by atoms with Crippen LogP contribution in [0, 0.1) is 6.92 Å². The molecule has 118 valence electrons. The summed E-state index contributed by atoms with van der Waals surface area (Å²) in [4.78, 5) is 20.3. The van der Waals surface area contributed by atoms with Crippen LogP contribution >= 0.6 is 11.3 Å².